The molecule has 5 heteroatoms. The summed E-state index contributed by atoms with van der Waals surface area (Å²) in [6, 6.07) is 1.49. The summed E-state index contributed by atoms with van der Waals surface area (Å²) >= 11 is 0. The monoisotopic (exact) mass is 167 g/mol. The molecule has 0 aliphatic heterocycles. The SMILES string of the molecule is Cc1ncc(OC(N)=O)cc1N. The van der Waals surface area contributed by atoms with Gasteiger partial charge in [0.05, 0.1) is 17.6 Å². The maximum atomic E-state index is 10.3. The smallest absolute Gasteiger partial charge is 0.409 e. The van der Waals surface area contributed by atoms with Crippen molar-refractivity contribution in [1.29, 1.82) is 0 Å². The Bertz CT molecular complexity index is 312. The zero-order valence-electron chi connectivity index (χ0n) is 6.57. The van der Waals surface area contributed by atoms with Crippen molar-refractivity contribution in [2.45, 2.75) is 6.92 Å². The fourth-order valence-electron chi connectivity index (χ4n) is 0.702. The largest absolute Gasteiger partial charge is 0.410 e. The van der Waals surface area contributed by atoms with Crippen molar-refractivity contribution in [2.24, 2.45) is 5.73 Å². The first kappa shape index (κ1) is 8.32. The number of aromatic nitrogens is 1. The van der Waals surface area contributed by atoms with Gasteiger partial charge in [0.25, 0.3) is 0 Å². The zero-order chi connectivity index (χ0) is 9.14. The third-order valence-electron chi connectivity index (χ3n) is 1.32. The van der Waals surface area contributed by atoms with Crippen LogP contribution in [0.3, 0.4) is 0 Å². The highest BCUT2D eigenvalue weighted by Gasteiger charge is 2.01. The summed E-state index contributed by atoms with van der Waals surface area (Å²) in [6.45, 7) is 1.75. The van der Waals surface area contributed by atoms with Crippen molar-refractivity contribution in [3.63, 3.8) is 0 Å². The predicted octanol–water partition coefficient (Wildman–Crippen LogP) is 0.430. The standard InChI is InChI=1S/C7H9N3O2/c1-4-6(8)2-5(3-10-4)12-7(9)11/h2-3H,8H2,1H3,(H2,9,11). The van der Waals surface area contributed by atoms with Crippen LogP contribution in [0, 0.1) is 6.92 Å². The van der Waals surface area contributed by atoms with E-state index in [0.29, 0.717) is 11.4 Å². The molecule has 0 bridgehead atoms. The Labute approximate surface area is 69.3 Å². The van der Waals surface area contributed by atoms with Crippen LogP contribution >= 0.6 is 0 Å². The number of rotatable bonds is 1. The Hall–Kier alpha value is -1.78. The molecule has 0 spiro atoms. The van der Waals surface area contributed by atoms with E-state index in [0.717, 1.165) is 0 Å². The molecule has 0 saturated heterocycles. The molecular formula is C7H9N3O2. The van der Waals surface area contributed by atoms with Gasteiger partial charge in [0.15, 0.2) is 5.75 Å². The van der Waals surface area contributed by atoms with Gasteiger partial charge < -0.3 is 16.2 Å². The average molecular weight is 167 g/mol. The van der Waals surface area contributed by atoms with Crippen LogP contribution in [0.25, 0.3) is 0 Å². The van der Waals surface area contributed by atoms with E-state index >= 15 is 0 Å². The maximum absolute atomic E-state index is 10.3. The molecule has 0 saturated carbocycles. The Morgan fingerprint density at radius 1 is 1.67 bits per heavy atom. The Balaban J connectivity index is 2.89. The van der Waals surface area contributed by atoms with Gasteiger partial charge in [-0.2, -0.15) is 0 Å². The van der Waals surface area contributed by atoms with Crippen molar-refractivity contribution in [1.82, 2.24) is 4.98 Å². The van der Waals surface area contributed by atoms with Gasteiger partial charge in [-0.3, -0.25) is 4.98 Å². The molecule has 0 fully saturated rings. The number of anilines is 1. The van der Waals surface area contributed by atoms with Crippen LogP contribution in [0.15, 0.2) is 12.3 Å². The van der Waals surface area contributed by atoms with E-state index in [2.05, 4.69) is 9.72 Å². The van der Waals surface area contributed by atoms with E-state index in [9.17, 15) is 4.79 Å². The molecule has 0 radical (unpaired) electrons. The van der Waals surface area contributed by atoms with Crippen molar-refractivity contribution in [3.05, 3.63) is 18.0 Å². The van der Waals surface area contributed by atoms with Crippen LogP contribution in [-0.2, 0) is 0 Å². The highest BCUT2D eigenvalue weighted by atomic mass is 16.5. The summed E-state index contributed by atoms with van der Waals surface area (Å²) < 4.78 is 4.55. The van der Waals surface area contributed by atoms with Gasteiger partial charge in [0, 0.05) is 6.07 Å². The highest BCUT2D eigenvalue weighted by Crippen LogP contribution is 2.15. The van der Waals surface area contributed by atoms with Gasteiger partial charge in [0.1, 0.15) is 0 Å². The van der Waals surface area contributed by atoms with Crippen LogP contribution in [0.4, 0.5) is 10.5 Å². The number of nitrogens with zero attached hydrogens (tertiary/aromatic N) is 1. The second-order valence-corrected chi connectivity index (χ2v) is 2.27. The minimum atomic E-state index is -0.875. The van der Waals surface area contributed by atoms with E-state index < -0.39 is 6.09 Å². The van der Waals surface area contributed by atoms with Crippen LogP contribution in [0.1, 0.15) is 5.69 Å². The zero-order valence-corrected chi connectivity index (χ0v) is 6.57. The summed E-state index contributed by atoms with van der Waals surface area (Å²) in [5.41, 5.74) is 11.4. The number of carbonyl (C=O) groups is 1. The van der Waals surface area contributed by atoms with E-state index in [-0.39, 0.29) is 5.75 Å². The summed E-state index contributed by atoms with van der Waals surface area (Å²) in [5.74, 6) is 0.255. The summed E-state index contributed by atoms with van der Waals surface area (Å²) in [7, 11) is 0. The normalized spacial score (nSPS) is 9.42. The number of hydrogen-bond donors (Lipinski definition) is 2. The third kappa shape index (κ3) is 1.85. The molecule has 1 amide bonds. The van der Waals surface area contributed by atoms with E-state index in [4.69, 9.17) is 11.5 Å². The molecule has 1 aromatic heterocycles. The lowest BCUT2D eigenvalue weighted by Gasteiger charge is -2.02. The average Bonchev–Trinajstić information content (AvgIpc) is 1.96. The van der Waals surface area contributed by atoms with Crippen LogP contribution in [-0.4, -0.2) is 11.1 Å². The number of ether oxygens (including phenoxy) is 1. The minimum absolute atomic E-state index is 0.255. The molecule has 5 nitrogen and oxygen atoms in total. The first-order chi connectivity index (χ1) is 5.59. The molecule has 0 atom stereocenters. The fourth-order valence-corrected chi connectivity index (χ4v) is 0.702. The van der Waals surface area contributed by atoms with Crippen molar-refractivity contribution >= 4 is 11.8 Å². The summed E-state index contributed by atoms with van der Waals surface area (Å²) in [6.07, 6.45) is 0.510. The van der Waals surface area contributed by atoms with E-state index in [1.54, 1.807) is 6.92 Å². The molecule has 1 rings (SSSR count). The van der Waals surface area contributed by atoms with Crippen molar-refractivity contribution in [3.8, 4) is 5.75 Å². The molecule has 1 aromatic rings. The van der Waals surface area contributed by atoms with Gasteiger partial charge in [-0.25, -0.2) is 4.79 Å². The topological polar surface area (TPSA) is 91.2 Å². The van der Waals surface area contributed by atoms with Gasteiger partial charge in [0.2, 0.25) is 0 Å². The molecular weight excluding hydrogens is 158 g/mol. The number of nitrogen functional groups attached to an aromatic ring is 1. The molecule has 0 aliphatic carbocycles. The molecule has 0 aliphatic rings. The van der Waals surface area contributed by atoms with Gasteiger partial charge >= 0.3 is 6.09 Å². The predicted molar refractivity (Wildman–Crippen MR) is 43.6 cm³/mol. The van der Waals surface area contributed by atoms with Crippen molar-refractivity contribution in [2.75, 3.05) is 5.73 Å². The lowest BCUT2D eigenvalue weighted by Crippen LogP contribution is -2.16. The fraction of sp³-hybridized carbons (Fsp3) is 0.143. The Kier molecular flexibility index (Phi) is 2.14. The Morgan fingerprint density at radius 2 is 2.33 bits per heavy atom. The third-order valence-corrected chi connectivity index (χ3v) is 1.32. The molecule has 1 heterocycles. The van der Waals surface area contributed by atoms with Gasteiger partial charge in [-0.15, -0.1) is 0 Å². The number of aryl methyl sites for hydroxylation is 1. The second-order valence-electron chi connectivity index (χ2n) is 2.27. The number of amides is 1. The molecule has 64 valence electrons. The van der Waals surface area contributed by atoms with E-state index in [1.807, 2.05) is 0 Å². The quantitative estimate of drug-likeness (QED) is 0.634. The van der Waals surface area contributed by atoms with Gasteiger partial charge in [-0.1, -0.05) is 0 Å². The summed E-state index contributed by atoms with van der Waals surface area (Å²) in [4.78, 5) is 14.2. The maximum Gasteiger partial charge on any atom is 0.410 e. The van der Waals surface area contributed by atoms with Gasteiger partial charge in [-0.05, 0) is 6.92 Å². The number of nitrogens with two attached hydrogens (primary N) is 2. The molecule has 4 N–H and O–H groups in total. The highest BCUT2D eigenvalue weighted by molar-refractivity contribution is 5.68. The number of carbonyl (C=O) groups excluding carboxylic acids is 1. The number of hydrogen-bond acceptors (Lipinski definition) is 4. The van der Waals surface area contributed by atoms with Crippen molar-refractivity contribution < 1.29 is 9.53 Å². The number of primary amides is 1. The van der Waals surface area contributed by atoms with E-state index in [1.165, 1.54) is 12.3 Å². The van der Waals surface area contributed by atoms with Crippen LogP contribution < -0.4 is 16.2 Å². The first-order valence-corrected chi connectivity index (χ1v) is 3.29. The number of pyridine rings is 1. The lowest BCUT2D eigenvalue weighted by atomic mass is 10.3. The minimum Gasteiger partial charge on any atom is -0.409 e. The lowest BCUT2D eigenvalue weighted by molar-refractivity contribution is 0.210. The van der Waals surface area contributed by atoms with Crippen LogP contribution in [0.2, 0.25) is 0 Å². The molecule has 0 aromatic carbocycles. The second kappa shape index (κ2) is 3.08. The summed E-state index contributed by atoms with van der Waals surface area (Å²) in [5, 5.41) is 0. The Morgan fingerprint density at radius 3 is 2.83 bits per heavy atom. The molecule has 12 heavy (non-hydrogen) atoms. The van der Waals surface area contributed by atoms with Crippen LogP contribution in [0.5, 0.6) is 5.75 Å². The molecule has 0 unspecified atom stereocenters. The first-order valence-electron chi connectivity index (χ1n) is 3.29.